The molecule has 1 heterocycles. The van der Waals surface area contributed by atoms with E-state index in [0.29, 0.717) is 12.0 Å². The lowest BCUT2D eigenvalue weighted by molar-refractivity contribution is 0.0930. The second-order valence-corrected chi connectivity index (χ2v) is 9.18. The smallest absolute Gasteiger partial charge is 0.129 e. The summed E-state index contributed by atoms with van der Waals surface area (Å²) < 4.78 is 6.84. The fourth-order valence-electron chi connectivity index (χ4n) is 5.70. The number of benzene rings is 2. The molecule has 3 nitrogen and oxygen atoms in total. The van der Waals surface area contributed by atoms with Gasteiger partial charge in [-0.1, -0.05) is 49.2 Å². The lowest BCUT2D eigenvalue weighted by atomic mass is 9.73. The number of ether oxygens (including phenoxy) is 1. The minimum atomic E-state index is 0.125. The van der Waals surface area contributed by atoms with Crippen molar-refractivity contribution in [3.05, 3.63) is 64.7 Å². The number of nitrogens with two attached hydrogens (primary N) is 1. The molecule has 2 aromatic carbocycles. The highest BCUT2D eigenvalue weighted by atomic mass is 16.5. The molecule has 1 aliphatic heterocycles. The number of fused-ring (bicyclic) bond motifs is 2. The van der Waals surface area contributed by atoms with Crippen molar-refractivity contribution in [3.63, 3.8) is 0 Å². The molecule has 0 bridgehead atoms. The standard InChI is InChI=1S/C26H32N2O/c27-22-8-3-5-18(16-22)15-21-12-11-19-6-1-2-9-23(19)26(21)29-25-10-4-7-20-13-14-28-17-24(20)25/h1-2,4,6-7,9-10,17-18,21-22,26H,3,5,8,11-16,27H2. The third-order valence-electron chi connectivity index (χ3n) is 7.17. The molecule has 3 heteroatoms. The van der Waals surface area contributed by atoms with Crippen LogP contribution in [0.3, 0.4) is 0 Å². The van der Waals surface area contributed by atoms with Crippen LogP contribution in [0.1, 0.15) is 66.9 Å². The van der Waals surface area contributed by atoms with E-state index in [2.05, 4.69) is 47.5 Å². The Kier molecular flexibility index (Phi) is 5.41. The zero-order chi connectivity index (χ0) is 19.6. The summed E-state index contributed by atoms with van der Waals surface area (Å²) in [5, 5.41) is 0. The van der Waals surface area contributed by atoms with Crippen molar-refractivity contribution < 1.29 is 4.74 Å². The van der Waals surface area contributed by atoms with E-state index in [0.717, 1.165) is 31.1 Å². The number of hydrogen-bond donors (Lipinski definition) is 1. The second-order valence-electron chi connectivity index (χ2n) is 9.18. The van der Waals surface area contributed by atoms with Crippen LogP contribution < -0.4 is 10.5 Å². The molecule has 2 aromatic rings. The Bertz CT molecular complexity index is 890. The number of rotatable bonds is 4. The lowest BCUT2D eigenvalue weighted by Gasteiger charge is -2.38. The van der Waals surface area contributed by atoms with Gasteiger partial charge in [-0.05, 0) is 67.2 Å². The van der Waals surface area contributed by atoms with Gasteiger partial charge in [0.15, 0.2) is 0 Å². The summed E-state index contributed by atoms with van der Waals surface area (Å²) in [5.41, 5.74) is 11.7. The molecule has 0 spiro atoms. The van der Waals surface area contributed by atoms with Gasteiger partial charge in [-0.15, -0.1) is 0 Å². The highest BCUT2D eigenvalue weighted by Crippen LogP contribution is 2.43. The van der Waals surface area contributed by atoms with Crippen LogP contribution in [0, 0.1) is 11.8 Å². The summed E-state index contributed by atoms with van der Waals surface area (Å²) in [4.78, 5) is 4.52. The quantitative estimate of drug-likeness (QED) is 0.777. The van der Waals surface area contributed by atoms with Crippen LogP contribution in [0.15, 0.2) is 47.5 Å². The maximum absolute atomic E-state index is 6.84. The highest BCUT2D eigenvalue weighted by Gasteiger charge is 2.34. The average molecular weight is 389 g/mol. The van der Waals surface area contributed by atoms with Crippen LogP contribution in [0.2, 0.25) is 0 Å². The molecule has 4 atom stereocenters. The summed E-state index contributed by atoms with van der Waals surface area (Å²) in [6.45, 7) is 0.882. The molecule has 0 amide bonds. The molecule has 1 saturated carbocycles. The molecule has 3 aliphatic rings. The zero-order valence-corrected chi connectivity index (χ0v) is 17.2. The van der Waals surface area contributed by atoms with Gasteiger partial charge >= 0.3 is 0 Å². The Labute approximate surface area is 174 Å². The summed E-state index contributed by atoms with van der Waals surface area (Å²) >= 11 is 0. The fraction of sp³-hybridized carbons (Fsp3) is 0.500. The fourth-order valence-corrected chi connectivity index (χ4v) is 5.70. The Balaban J connectivity index is 1.44. The van der Waals surface area contributed by atoms with Gasteiger partial charge in [0.25, 0.3) is 0 Å². The zero-order valence-electron chi connectivity index (χ0n) is 17.2. The first-order chi connectivity index (χ1) is 14.3. The molecule has 1 fully saturated rings. The van der Waals surface area contributed by atoms with E-state index in [1.165, 1.54) is 60.8 Å². The van der Waals surface area contributed by atoms with E-state index >= 15 is 0 Å². The van der Waals surface area contributed by atoms with Gasteiger partial charge in [0.1, 0.15) is 11.9 Å². The monoisotopic (exact) mass is 388 g/mol. The maximum atomic E-state index is 6.84. The van der Waals surface area contributed by atoms with E-state index in [9.17, 15) is 0 Å². The van der Waals surface area contributed by atoms with Crippen LogP contribution in [0.25, 0.3) is 0 Å². The molecule has 4 unspecified atom stereocenters. The van der Waals surface area contributed by atoms with Gasteiger partial charge in [-0.25, -0.2) is 0 Å². The van der Waals surface area contributed by atoms with E-state index in [1.54, 1.807) is 0 Å². The number of aryl methyl sites for hydroxylation is 1. The molecule has 152 valence electrons. The van der Waals surface area contributed by atoms with E-state index in [-0.39, 0.29) is 6.10 Å². The molecule has 2 aliphatic carbocycles. The SMILES string of the molecule is NC1CCCC(CC2CCc3ccccc3C2Oc2cccc3c2C=NCC3)C1. The van der Waals surface area contributed by atoms with Crippen molar-refractivity contribution in [2.24, 2.45) is 22.6 Å². The lowest BCUT2D eigenvalue weighted by Crippen LogP contribution is -2.32. The largest absolute Gasteiger partial charge is 0.485 e. The molecule has 0 saturated heterocycles. The summed E-state index contributed by atoms with van der Waals surface area (Å²) in [6.07, 6.45) is 11.7. The third-order valence-corrected chi connectivity index (χ3v) is 7.17. The van der Waals surface area contributed by atoms with Gasteiger partial charge in [0.05, 0.1) is 0 Å². The van der Waals surface area contributed by atoms with Gasteiger partial charge in [-0.3, -0.25) is 4.99 Å². The minimum Gasteiger partial charge on any atom is -0.485 e. The summed E-state index contributed by atoms with van der Waals surface area (Å²) in [7, 11) is 0. The van der Waals surface area contributed by atoms with Crippen molar-refractivity contribution in [2.75, 3.05) is 6.54 Å². The van der Waals surface area contributed by atoms with Crippen LogP contribution in [-0.4, -0.2) is 18.8 Å². The maximum Gasteiger partial charge on any atom is 0.129 e. The molecule has 2 N–H and O–H groups in total. The topological polar surface area (TPSA) is 47.6 Å². The minimum absolute atomic E-state index is 0.125. The van der Waals surface area contributed by atoms with Crippen LogP contribution in [0.5, 0.6) is 5.75 Å². The van der Waals surface area contributed by atoms with Crippen molar-refractivity contribution >= 4 is 6.21 Å². The normalized spacial score (nSPS) is 28.4. The molecule has 29 heavy (non-hydrogen) atoms. The van der Waals surface area contributed by atoms with E-state index in [1.807, 2.05) is 6.21 Å². The molecule has 0 aromatic heterocycles. The van der Waals surface area contributed by atoms with Crippen LogP contribution in [0.4, 0.5) is 0 Å². The number of aliphatic imine (C=N–C) groups is 1. The van der Waals surface area contributed by atoms with Crippen LogP contribution >= 0.6 is 0 Å². The van der Waals surface area contributed by atoms with Crippen molar-refractivity contribution in [1.29, 1.82) is 0 Å². The van der Waals surface area contributed by atoms with Gasteiger partial charge < -0.3 is 10.5 Å². The molecular weight excluding hydrogens is 356 g/mol. The summed E-state index contributed by atoms with van der Waals surface area (Å²) in [6, 6.07) is 15.7. The van der Waals surface area contributed by atoms with Crippen molar-refractivity contribution in [3.8, 4) is 5.75 Å². The van der Waals surface area contributed by atoms with Crippen LogP contribution in [-0.2, 0) is 12.8 Å². The highest BCUT2D eigenvalue weighted by molar-refractivity contribution is 5.86. The Hall–Kier alpha value is -2.13. The number of nitrogens with zero attached hydrogens (tertiary/aromatic N) is 1. The van der Waals surface area contributed by atoms with Crippen molar-refractivity contribution in [1.82, 2.24) is 0 Å². The molecule has 5 rings (SSSR count). The summed E-state index contributed by atoms with van der Waals surface area (Å²) in [5.74, 6) is 2.29. The second kappa shape index (κ2) is 8.31. The molecule has 0 radical (unpaired) electrons. The number of hydrogen-bond acceptors (Lipinski definition) is 3. The predicted octanol–water partition coefficient (Wildman–Crippen LogP) is 5.25. The van der Waals surface area contributed by atoms with E-state index < -0.39 is 0 Å². The first-order valence-corrected chi connectivity index (χ1v) is 11.4. The Morgan fingerprint density at radius 1 is 0.966 bits per heavy atom. The Morgan fingerprint density at radius 2 is 1.86 bits per heavy atom. The van der Waals surface area contributed by atoms with Gasteiger partial charge in [0.2, 0.25) is 0 Å². The predicted molar refractivity (Wildman–Crippen MR) is 119 cm³/mol. The van der Waals surface area contributed by atoms with E-state index in [4.69, 9.17) is 10.5 Å². The molecular formula is C26H32N2O. The average Bonchev–Trinajstić information content (AvgIpc) is 2.75. The van der Waals surface area contributed by atoms with Crippen molar-refractivity contribution in [2.45, 2.75) is 63.5 Å². The first kappa shape index (κ1) is 18.9. The Morgan fingerprint density at radius 3 is 2.79 bits per heavy atom. The third kappa shape index (κ3) is 3.98. The van der Waals surface area contributed by atoms with Gasteiger partial charge in [0, 0.05) is 30.3 Å². The first-order valence-electron chi connectivity index (χ1n) is 11.4. The van der Waals surface area contributed by atoms with Gasteiger partial charge in [-0.2, -0.15) is 0 Å².